The van der Waals surface area contributed by atoms with Gasteiger partial charge < -0.3 is 24.7 Å². The van der Waals surface area contributed by atoms with Crippen LogP contribution in [0.3, 0.4) is 0 Å². The van der Waals surface area contributed by atoms with Gasteiger partial charge in [-0.2, -0.15) is 4.73 Å². The van der Waals surface area contributed by atoms with Crippen LogP contribution in [0, 0.1) is 5.21 Å². The van der Waals surface area contributed by atoms with E-state index in [1.54, 1.807) is 12.1 Å². The molecule has 0 amide bonds. The maximum atomic E-state index is 12.2. The number of ether oxygens (including phenoxy) is 3. The summed E-state index contributed by atoms with van der Waals surface area (Å²) in [5.74, 6) is 1.25. The minimum atomic E-state index is -0.530. The Hall–Kier alpha value is -2.31. The third kappa shape index (κ3) is 3.77. The van der Waals surface area contributed by atoms with E-state index in [2.05, 4.69) is 5.32 Å². The van der Waals surface area contributed by atoms with E-state index >= 15 is 0 Å². The molecule has 1 fully saturated rings. The molecule has 1 aliphatic rings. The predicted octanol–water partition coefficient (Wildman–Crippen LogP) is 1.83. The summed E-state index contributed by atoms with van der Waals surface area (Å²) in [7, 11) is 0. The average molecular weight is 330 g/mol. The van der Waals surface area contributed by atoms with Gasteiger partial charge in [-0.15, -0.1) is 0 Å². The Kier molecular flexibility index (Phi) is 5.51. The molecule has 2 aromatic rings. The Balaban J connectivity index is 1.92. The van der Waals surface area contributed by atoms with Crippen LogP contribution in [0.1, 0.15) is 18.7 Å². The first-order valence-electron chi connectivity index (χ1n) is 8.18. The maximum absolute atomic E-state index is 12.2. The lowest BCUT2D eigenvalue weighted by Crippen LogP contribution is -2.47. The summed E-state index contributed by atoms with van der Waals surface area (Å²) in [5, 5.41) is 15.5. The van der Waals surface area contributed by atoms with Crippen molar-refractivity contribution in [1.29, 1.82) is 0 Å². The normalized spacial score (nSPS) is 18.8. The van der Waals surface area contributed by atoms with Crippen LogP contribution in [-0.2, 0) is 4.74 Å². The molecule has 0 radical (unpaired) electrons. The lowest BCUT2D eigenvalue weighted by atomic mass is 10.1. The van der Waals surface area contributed by atoms with E-state index in [0.29, 0.717) is 37.0 Å². The molecule has 0 saturated carbocycles. The molecular formula is C18H22N2O4. The second-order valence-corrected chi connectivity index (χ2v) is 5.48. The van der Waals surface area contributed by atoms with Crippen molar-refractivity contribution in [3.63, 3.8) is 0 Å². The highest BCUT2D eigenvalue weighted by molar-refractivity contribution is 5.40. The van der Waals surface area contributed by atoms with E-state index in [1.807, 2.05) is 37.3 Å². The predicted molar refractivity (Wildman–Crippen MR) is 89.0 cm³/mol. The third-order valence-corrected chi connectivity index (χ3v) is 3.84. The number of aromatic nitrogens is 1. The van der Waals surface area contributed by atoms with Gasteiger partial charge in [-0.25, -0.2) is 0 Å². The van der Waals surface area contributed by atoms with Gasteiger partial charge in [0.2, 0.25) is 11.8 Å². The molecule has 0 aliphatic carbocycles. The van der Waals surface area contributed by atoms with Gasteiger partial charge in [0.25, 0.3) is 0 Å². The molecule has 24 heavy (non-hydrogen) atoms. The van der Waals surface area contributed by atoms with Gasteiger partial charge in [0.1, 0.15) is 6.10 Å². The Bertz CT molecular complexity index is 659. The van der Waals surface area contributed by atoms with Crippen LogP contribution in [0.4, 0.5) is 0 Å². The Morgan fingerprint density at radius 2 is 2.04 bits per heavy atom. The van der Waals surface area contributed by atoms with E-state index in [1.165, 1.54) is 6.20 Å². The van der Waals surface area contributed by atoms with Crippen LogP contribution in [0.5, 0.6) is 11.5 Å². The quantitative estimate of drug-likeness (QED) is 0.646. The Labute approximate surface area is 141 Å². The van der Waals surface area contributed by atoms with Crippen LogP contribution < -0.4 is 19.5 Å². The van der Waals surface area contributed by atoms with Crippen molar-refractivity contribution in [3.8, 4) is 11.5 Å². The zero-order valence-corrected chi connectivity index (χ0v) is 13.7. The fraction of sp³-hybridized carbons (Fsp3) is 0.389. The highest BCUT2D eigenvalue weighted by atomic mass is 16.6. The first-order valence-corrected chi connectivity index (χ1v) is 8.18. The van der Waals surface area contributed by atoms with Crippen molar-refractivity contribution >= 4 is 0 Å². The number of para-hydroxylation sites is 2. The van der Waals surface area contributed by atoms with E-state index in [9.17, 15) is 5.21 Å². The molecule has 6 heteroatoms. The molecule has 1 saturated heterocycles. The Morgan fingerprint density at radius 1 is 1.25 bits per heavy atom. The van der Waals surface area contributed by atoms with Gasteiger partial charge in [-0.1, -0.05) is 12.1 Å². The van der Waals surface area contributed by atoms with Crippen molar-refractivity contribution in [2.75, 3.05) is 26.3 Å². The molecule has 2 heterocycles. The van der Waals surface area contributed by atoms with E-state index < -0.39 is 6.10 Å². The number of benzene rings is 1. The van der Waals surface area contributed by atoms with Crippen LogP contribution in [0.25, 0.3) is 0 Å². The molecule has 2 atom stereocenters. The van der Waals surface area contributed by atoms with E-state index in [-0.39, 0.29) is 6.10 Å². The molecule has 1 aromatic heterocycles. The Morgan fingerprint density at radius 3 is 2.75 bits per heavy atom. The summed E-state index contributed by atoms with van der Waals surface area (Å²) in [6, 6.07) is 12.7. The summed E-state index contributed by atoms with van der Waals surface area (Å²) < 4.78 is 18.5. The summed E-state index contributed by atoms with van der Waals surface area (Å²) in [6.45, 7) is 4.47. The first-order chi connectivity index (χ1) is 11.8. The van der Waals surface area contributed by atoms with Crippen molar-refractivity contribution in [1.82, 2.24) is 5.32 Å². The smallest absolute Gasteiger partial charge is 0.236 e. The van der Waals surface area contributed by atoms with Crippen LogP contribution in [0.15, 0.2) is 48.7 Å². The molecule has 1 aliphatic heterocycles. The molecule has 128 valence electrons. The lowest BCUT2D eigenvalue weighted by Gasteiger charge is -2.30. The zero-order chi connectivity index (χ0) is 16.8. The van der Waals surface area contributed by atoms with Gasteiger partial charge in [0.05, 0.1) is 13.2 Å². The molecule has 6 nitrogen and oxygen atoms in total. The highest BCUT2D eigenvalue weighted by Crippen LogP contribution is 2.32. The maximum Gasteiger partial charge on any atom is 0.236 e. The molecule has 0 spiro atoms. The van der Waals surface area contributed by atoms with Crippen molar-refractivity contribution < 1.29 is 18.9 Å². The SMILES string of the molecule is CCOc1ccccc1O[C@H](c1cccc[n+]1[O-])[C@@H]1CNCCO1. The fourth-order valence-electron chi connectivity index (χ4n) is 2.73. The van der Waals surface area contributed by atoms with Crippen LogP contribution in [-0.4, -0.2) is 32.4 Å². The third-order valence-electron chi connectivity index (χ3n) is 3.84. The van der Waals surface area contributed by atoms with Crippen molar-refractivity contribution in [2.24, 2.45) is 0 Å². The summed E-state index contributed by atoms with van der Waals surface area (Å²) in [5.41, 5.74) is 0.512. The van der Waals surface area contributed by atoms with E-state index in [0.717, 1.165) is 11.3 Å². The number of nitrogens with one attached hydrogen (secondary N) is 1. The summed E-state index contributed by atoms with van der Waals surface area (Å²) in [6.07, 6.45) is 0.685. The second-order valence-electron chi connectivity index (χ2n) is 5.48. The van der Waals surface area contributed by atoms with Crippen molar-refractivity contribution in [2.45, 2.75) is 19.1 Å². The highest BCUT2D eigenvalue weighted by Gasteiger charge is 2.33. The first kappa shape index (κ1) is 16.5. The van der Waals surface area contributed by atoms with Crippen molar-refractivity contribution in [3.05, 3.63) is 59.6 Å². The number of morpholine rings is 1. The second kappa shape index (κ2) is 7.99. The van der Waals surface area contributed by atoms with Crippen LogP contribution in [0.2, 0.25) is 0 Å². The van der Waals surface area contributed by atoms with E-state index in [4.69, 9.17) is 14.2 Å². The standard InChI is InChI=1S/C18H22N2O4/c1-2-22-15-8-3-4-9-16(15)24-18(17-13-19-10-12-23-17)14-7-5-6-11-20(14)21/h3-9,11,17-19H,2,10,12-13H2,1H3/t17-,18+/m0/s1. The minimum absolute atomic E-state index is 0.254. The lowest BCUT2D eigenvalue weighted by molar-refractivity contribution is -0.619. The molecular weight excluding hydrogens is 308 g/mol. The number of pyridine rings is 1. The summed E-state index contributed by atoms with van der Waals surface area (Å²) >= 11 is 0. The molecule has 1 aromatic carbocycles. The number of rotatable bonds is 6. The van der Waals surface area contributed by atoms with Gasteiger partial charge in [-0.05, 0) is 25.1 Å². The molecule has 3 rings (SSSR count). The largest absolute Gasteiger partial charge is 0.618 e. The molecule has 0 unspecified atom stereocenters. The van der Waals surface area contributed by atoms with Gasteiger partial charge in [0, 0.05) is 25.2 Å². The van der Waals surface area contributed by atoms with Crippen LogP contribution >= 0.6 is 0 Å². The monoisotopic (exact) mass is 330 g/mol. The number of nitrogens with zero attached hydrogens (tertiary/aromatic N) is 1. The topological polar surface area (TPSA) is 66.7 Å². The zero-order valence-electron chi connectivity index (χ0n) is 13.7. The number of hydrogen-bond acceptors (Lipinski definition) is 5. The van der Waals surface area contributed by atoms with Gasteiger partial charge >= 0.3 is 0 Å². The summed E-state index contributed by atoms with van der Waals surface area (Å²) in [4.78, 5) is 0. The average Bonchev–Trinajstić information content (AvgIpc) is 2.63. The fourth-order valence-corrected chi connectivity index (χ4v) is 2.73. The number of hydrogen-bond donors (Lipinski definition) is 1. The van der Waals surface area contributed by atoms with Gasteiger partial charge in [0.15, 0.2) is 17.7 Å². The minimum Gasteiger partial charge on any atom is -0.618 e. The molecule has 0 bridgehead atoms. The molecule has 1 N–H and O–H groups in total. The van der Waals surface area contributed by atoms with Gasteiger partial charge in [-0.3, -0.25) is 0 Å².